The van der Waals surface area contributed by atoms with Crippen LogP contribution < -0.4 is 0 Å². The third kappa shape index (κ3) is 3.67. The molecule has 0 bridgehead atoms. The third-order valence-electron chi connectivity index (χ3n) is 4.01. The highest BCUT2D eigenvalue weighted by molar-refractivity contribution is 7.89. The quantitative estimate of drug-likeness (QED) is 0.875. The summed E-state index contributed by atoms with van der Waals surface area (Å²) in [6.07, 6.45) is 0. The van der Waals surface area contributed by atoms with Gasteiger partial charge in [0.25, 0.3) is 0 Å². The van der Waals surface area contributed by atoms with Crippen molar-refractivity contribution in [2.45, 2.75) is 11.4 Å². The molecule has 0 unspecified atom stereocenters. The van der Waals surface area contributed by atoms with E-state index in [1.165, 1.54) is 33.4 Å². The van der Waals surface area contributed by atoms with Gasteiger partial charge in [0.1, 0.15) is 0 Å². The van der Waals surface area contributed by atoms with Crippen LogP contribution in [0.15, 0.2) is 46.7 Å². The van der Waals surface area contributed by atoms with Crippen LogP contribution in [0.25, 0.3) is 0 Å². The molecule has 8 heteroatoms. The lowest BCUT2D eigenvalue weighted by atomic mass is 10.2. The molecule has 0 saturated carbocycles. The van der Waals surface area contributed by atoms with E-state index < -0.39 is 16.0 Å². The molecule has 1 N–H and O–H groups in total. The number of benzene rings is 1. The molecular formula is C16H18N2O4S2. The second-order valence-electron chi connectivity index (χ2n) is 5.59. The summed E-state index contributed by atoms with van der Waals surface area (Å²) in [5.74, 6) is -1.13. The van der Waals surface area contributed by atoms with Gasteiger partial charge in [-0.05, 0) is 29.6 Å². The lowest BCUT2D eigenvalue weighted by molar-refractivity contribution is 0.0696. The summed E-state index contributed by atoms with van der Waals surface area (Å²) in [5, 5.41) is 11.1. The Morgan fingerprint density at radius 2 is 1.88 bits per heavy atom. The van der Waals surface area contributed by atoms with Crippen molar-refractivity contribution < 1.29 is 18.3 Å². The zero-order chi connectivity index (χ0) is 17.2. The van der Waals surface area contributed by atoms with E-state index in [1.807, 2.05) is 11.4 Å². The minimum absolute atomic E-state index is 0.0209. The first-order chi connectivity index (χ1) is 11.5. The number of nitrogens with zero attached hydrogens (tertiary/aromatic N) is 2. The number of carboxylic acid groups (broad SMARTS) is 1. The second kappa shape index (κ2) is 7.02. The molecule has 0 aliphatic carbocycles. The van der Waals surface area contributed by atoms with Crippen LogP contribution in [0.1, 0.15) is 15.2 Å². The number of sulfonamides is 1. The number of carboxylic acids is 1. The van der Waals surface area contributed by atoms with Crippen LogP contribution in [-0.2, 0) is 16.6 Å². The highest BCUT2D eigenvalue weighted by Crippen LogP contribution is 2.20. The average molecular weight is 366 g/mol. The summed E-state index contributed by atoms with van der Waals surface area (Å²) in [6.45, 7) is 2.97. The molecule has 2 heterocycles. The molecule has 0 radical (unpaired) electrons. The number of hydrogen-bond acceptors (Lipinski definition) is 5. The molecule has 0 amide bonds. The predicted molar refractivity (Wildman–Crippen MR) is 91.8 cm³/mol. The van der Waals surface area contributed by atoms with Gasteiger partial charge in [-0.25, -0.2) is 13.2 Å². The van der Waals surface area contributed by atoms with Gasteiger partial charge in [-0.1, -0.05) is 12.1 Å². The SMILES string of the molecule is O=C(O)c1cccc(S(=O)(=O)N2CCN(Cc3cccs3)CC2)c1. The number of piperazine rings is 1. The van der Waals surface area contributed by atoms with Crippen LogP contribution in [0.4, 0.5) is 0 Å². The van der Waals surface area contributed by atoms with Gasteiger partial charge in [0.05, 0.1) is 10.5 Å². The van der Waals surface area contributed by atoms with Crippen molar-refractivity contribution in [3.8, 4) is 0 Å². The summed E-state index contributed by atoms with van der Waals surface area (Å²) >= 11 is 1.69. The Kier molecular flexibility index (Phi) is 5.00. The van der Waals surface area contributed by atoms with Crippen molar-refractivity contribution in [2.75, 3.05) is 26.2 Å². The van der Waals surface area contributed by atoms with Crippen LogP contribution in [0, 0.1) is 0 Å². The molecule has 1 aliphatic rings. The second-order valence-corrected chi connectivity index (χ2v) is 8.56. The largest absolute Gasteiger partial charge is 0.478 e. The van der Waals surface area contributed by atoms with Crippen LogP contribution in [-0.4, -0.2) is 54.9 Å². The van der Waals surface area contributed by atoms with Crippen molar-refractivity contribution in [1.29, 1.82) is 0 Å². The molecule has 1 saturated heterocycles. The van der Waals surface area contributed by atoms with E-state index in [2.05, 4.69) is 11.0 Å². The van der Waals surface area contributed by atoms with Crippen LogP contribution >= 0.6 is 11.3 Å². The monoisotopic (exact) mass is 366 g/mol. The molecular weight excluding hydrogens is 348 g/mol. The number of carbonyl (C=O) groups is 1. The Labute approximate surface area is 145 Å². The standard InChI is InChI=1S/C16H18N2O4S2/c19-16(20)13-3-1-5-15(11-13)24(21,22)18-8-6-17(7-9-18)12-14-4-2-10-23-14/h1-5,10-11H,6-9,12H2,(H,19,20). The van der Waals surface area contributed by atoms with E-state index in [1.54, 1.807) is 11.3 Å². The van der Waals surface area contributed by atoms with Crippen molar-refractivity contribution in [2.24, 2.45) is 0 Å². The highest BCUT2D eigenvalue weighted by Gasteiger charge is 2.29. The molecule has 0 atom stereocenters. The zero-order valence-electron chi connectivity index (χ0n) is 13.0. The number of thiophene rings is 1. The summed E-state index contributed by atoms with van der Waals surface area (Å²) < 4.78 is 26.8. The molecule has 1 aromatic heterocycles. The van der Waals surface area contributed by atoms with Gasteiger partial charge in [-0.15, -0.1) is 11.3 Å². The van der Waals surface area contributed by atoms with Crippen molar-refractivity contribution >= 4 is 27.3 Å². The first-order valence-corrected chi connectivity index (χ1v) is 9.87. The zero-order valence-corrected chi connectivity index (χ0v) is 14.6. The summed E-state index contributed by atoms with van der Waals surface area (Å²) in [6, 6.07) is 9.60. The minimum Gasteiger partial charge on any atom is -0.478 e. The fraction of sp³-hybridized carbons (Fsp3) is 0.312. The van der Waals surface area contributed by atoms with Crippen LogP contribution in [0.5, 0.6) is 0 Å². The van der Waals surface area contributed by atoms with Crippen molar-refractivity contribution in [1.82, 2.24) is 9.21 Å². The maximum Gasteiger partial charge on any atom is 0.335 e. The van der Waals surface area contributed by atoms with Gasteiger partial charge >= 0.3 is 5.97 Å². The molecule has 0 spiro atoms. The van der Waals surface area contributed by atoms with Crippen molar-refractivity contribution in [3.05, 3.63) is 52.2 Å². The average Bonchev–Trinajstić information content (AvgIpc) is 3.08. The van der Waals surface area contributed by atoms with Crippen LogP contribution in [0.2, 0.25) is 0 Å². The topological polar surface area (TPSA) is 77.9 Å². The predicted octanol–water partition coefficient (Wildman–Crippen LogP) is 1.95. The van der Waals surface area contributed by atoms with Gasteiger partial charge in [-0.2, -0.15) is 4.31 Å². The molecule has 24 heavy (non-hydrogen) atoms. The molecule has 1 fully saturated rings. The van der Waals surface area contributed by atoms with E-state index in [-0.39, 0.29) is 10.5 Å². The van der Waals surface area contributed by atoms with Gasteiger partial charge < -0.3 is 5.11 Å². The first-order valence-electron chi connectivity index (χ1n) is 7.55. The normalized spacial score (nSPS) is 17.0. The fourth-order valence-electron chi connectivity index (χ4n) is 2.69. The Hall–Kier alpha value is -1.74. The molecule has 3 rings (SSSR count). The van der Waals surface area contributed by atoms with E-state index in [0.29, 0.717) is 26.2 Å². The van der Waals surface area contributed by atoms with E-state index in [4.69, 9.17) is 5.11 Å². The lowest BCUT2D eigenvalue weighted by Gasteiger charge is -2.33. The van der Waals surface area contributed by atoms with Gasteiger partial charge in [0.15, 0.2) is 0 Å². The summed E-state index contributed by atoms with van der Waals surface area (Å²) in [7, 11) is -3.66. The molecule has 1 aliphatic heterocycles. The Morgan fingerprint density at radius 3 is 2.50 bits per heavy atom. The molecule has 2 aromatic rings. The van der Waals surface area contributed by atoms with Gasteiger partial charge in [-0.3, -0.25) is 4.90 Å². The Bertz CT molecular complexity index is 810. The molecule has 6 nitrogen and oxygen atoms in total. The minimum atomic E-state index is -3.66. The lowest BCUT2D eigenvalue weighted by Crippen LogP contribution is -2.48. The van der Waals surface area contributed by atoms with E-state index in [9.17, 15) is 13.2 Å². The third-order valence-corrected chi connectivity index (χ3v) is 6.77. The number of hydrogen-bond donors (Lipinski definition) is 1. The van der Waals surface area contributed by atoms with E-state index in [0.717, 1.165) is 6.54 Å². The van der Waals surface area contributed by atoms with E-state index >= 15 is 0 Å². The molecule has 128 valence electrons. The first kappa shape index (κ1) is 17.1. The Balaban J connectivity index is 1.68. The summed E-state index contributed by atoms with van der Waals surface area (Å²) in [5.41, 5.74) is -0.0209. The maximum absolute atomic E-state index is 12.7. The summed E-state index contributed by atoms with van der Waals surface area (Å²) in [4.78, 5) is 14.6. The highest BCUT2D eigenvalue weighted by atomic mass is 32.2. The Morgan fingerprint density at radius 1 is 1.12 bits per heavy atom. The number of rotatable bonds is 5. The molecule has 1 aromatic carbocycles. The van der Waals surface area contributed by atoms with Gasteiger partial charge in [0, 0.05) is 37.6 Å². The maximum atomic E-state index is 12.7. The number of aromatic carboxylic acids is 1. The smallest absolute Gasteiger partial charge is 0.335 e. The fourth-order valence-corrected chi connectivity index (χ4v) is 4.90. The van der Waals surface area contributed by atoms with Crippen molar-refractivity contribution in [3.63, 3.8) is 0 Å². The van der Waals surface area contributed by atoms with Gasteiger partial charge in [0.2, 0.25) is 10.0 Å². The van der Waals surface area contributed by atoms with Crippen LogP contribution in [0.3, 0.4) is 0 Å².